The van der Waals surface area contributed by atoms with Gasteiger partial charge in [-0.3, -0.25) is 4.40 Å². The van der Waals surface area contributed by atoms with Crippen LogP contribution in [0, 0.1) is 10.7 Å². The molecule has 3 aromatic rings. The summed E-state index contributed by atoms with van der Waals surface area (Å²) in [5.41, 5.74) is 2.53. The van der Waals surface area contributed by atoms with Gasteiger partial charge in [-0.15, -0.1) is 0 Å². The first-order valence-corrected chi connectivity index (χ1v) is 6.78. The number of hydrogen-bond donors (Lipinski definition) is 0. The van der Waals surface area contributed by atoms with E-state index in [1.54, 1.807) is 12.1 Å². The Morgan fingerprint density at radius 2 is 2.00 bits per heavy atom. The predicted molar refractivity (Wildman–Crippen MR) is 77.1 cm³/mol. The maximum Gasteiger partial charge on any atom is 0.140 e. The fourth-order valence-electron chi connectivity index (χ4n) is 1.92. The van der Waals surface area contributed by atoms with Crippen molar-refractivity contribution in [1.29, 1.82) is 5.26 Å². The molecule has 0 aliphatic heterocycles. The van der Waals surface area contributed by atoms with Gasteiger partial charge in [0.2, 0.25) is 0 Å². The highest BCUT2D eigenvalue weighted by molar-refractivity contribution is 8.03. The molecule has 92 valence electrons. The van der Waals surface area contributed by atoms with Crippen LogP contribution in [0.5, 0.6) is 0 Å². The van der Waals surface area contributed by atoms with Crippen LogP contribution in [-0.2, 0) is 0 Å². The van der Waals surface area contributed by atoms with Gasteiger partial charge < -0.3 is 0 Å². The summed E-state index contributed by atoms with van der Waals surface area (Å²) in [6.45, 7) is 0. The molecule has 5 heteroatoms. The molecule has 3 nitrogen and oxygen atoms in total. The second-order valence-electron chi connectivity index (χ2n) is 3.90. The zero-order valence-electron chi connectivity index (χ0n) is 9.75. The number of thiocyanates is 1. The first-order chi connectivity index (χ1) is 9.29. The zero-order chi connectivity index (χ0) is 13.2. The molecule has 0 bridgehead atoms. The summed E-state index contributed by atoms with van der Waals surface area (Å²) in [5, 5.41) is 12.5. The Bertz CT molecular complexity index is 774. The molecule has 0 aliphatic carbocycles. The summed E-state index contributed by atoms with van der Waals surface area (Å²) >= 11 is 7.08. The third kappa shape index (κ3) is 2.19. The fourth-order valence-corrected chi connectivity index (χ4v) is 2.68. The maximum absolute atomic E-state index is 8.97. The number of rotatable bonds is 2. The number of imidazole rings is 1. The molecule has 1 aromatic carbocycles. The Labute approximate surface area is 119 Å². The minimum absolute atomic E-state index is 0.630. The van der Waals surface area contributed by atoms with E-state index in [0.717, 1.165) is 33.7 Å². The molecule has 0 saturated carbocycles. The lowest BCUT2D eigenvalue weighted by molar-refractivity contribution is 1.06. The van der Waals surface area contributed by atoms with E-state index < -0.39 is 0 Å². The van der Waals surface area contributed by atoms with Gasteiger partial charge in [-0.05, 0) is 6.07 Å². The second-order valence-corrected chi connectivity index (χ2v) is 5.11. The van der Waals surface area contributed by atoms with Crippen LogP contribution in [0.25, 0.3) is 16.9 Å². The van der Waals surface area contributed by atoms with Crippen molar-refractivity contribution in [2.45, 2.75) is 5.03 Å². The standard InChI is InChI=1S/C14H8ClN3S/c15-11-6-7-18-12(8-11)17-13(14(18)19-9-16)10-4-2-1-3-5-10/h1-8H. The van der Waals surface area contributed by atoms with E-state index in [-0.39, 0.29) is 0 Å². The van der Waals surface area contributed by atoms with Crippen molar-refractivity contribution in [1.82, 2.24) is 9.38 Å². The third-order valence-electron chi connectivity index (χ3n) is 2.73. The SMILES string of the molecule is N#CSc1c(-c2ccccc2)nc2cc(Cl)ccn12. The minimum atomic E-state index is 0.630. The van der Waals surface area contributed by atoms with Gasteiger partial charge in [0.05, 0.1) is 0 Å². The topological polar surface area (TPSA) is 41.1 Å². The van der Waals surface area contributed by atoms with Crippen molar-refractivity contribution >= 4 is 29.0 Å². The van der Waals surface area contributed by atoms with Crippen molar-refractivity contribution < 1.29 is 0 Å². The number of pyridine rings is 1. The first kappa shape index (κ1) is 12.1. The molecular formula is C14H8ClN3S. The monoisotopic (exact) mass is 285 g/mol. The number of benzene rings is 1. The van der Waals surface area contributed by atoms with E-state index in [1.807, 2.05) is 40.9 Å². The number of hydrogen-bond acceptors (Lipinski definition) is 3. The Morgan fingerprint density at radius 1 is 1.21 bits per heavy atom. The van der Waals surface area contributed by atoms with E-state index in [2.05, 4.69) is 10.4 Å². The van der Waals surface area contributed by atoms with Crippen molar-refractivity contribution in [2.24, 2.45) is 0 Å². The predicted octanol–water partition coefficient (Wildman–Crippen LogP) is 4.23. The van der Waals surface area contributed by atoms with Crippen molar-refractivity contribution in [3.63, 3.8) is 0 Å². The van der Waals surface area contributed by atoms with Gasteiger partial charge in [-0.2, -0.15) is 5.26 Å². The van der Waals surface area contributed by atoms with E-state index in [4.69, 9.17) is 16.9 Å². The molecule has 0 unspecified atom stereocenters. The lowest BCUT2D eigenvalue weighted by Gasteiger charge is -2.00. The summed E-state index contributed by atoms with van der Waals surface area (Å²) in [7, 11) is 0. The molecule has 2 aromatic heterocycles. The molecule has 0 fully saturated rings. The van der Waals surface area contributed by atoms with Crippen molar-refractivity contribution in [3.8, 4) is 16.7 Å². The van der Waals surface area contributed by atoms with Crippen LogP contribution in [0.4, 0.5) is 0 Å². The third-order valence-corrected chi connectivity index (χ3v) is 3.64. The van der Waals surface area contributed by atoms with Gasteiger partial charge in [0, 0.05) is 34.6 Å². The van der Waals surface area contributed by atoms with E-state index >= 15 is 0 Å². The fraction of sp³-hybridized carbons (Fsp3) is 0. The summed E-state index contributed by atoms with van der Waals surface area (Å²) in [5.74, 6) is 0. The van der Waals surface area contributed by atoms with Crippen LogP contribution < -0.4 is 0 Å². The summed E-state index contributed by atoms with van der Waals surface area (Å²) in [6.07, 6.45) is 1.83. The lowest BCUT2D eigenvalue weighted by atomic mass is 10.2. The molecule has 2 heterocycles. The van der Waals surface area contributed by atoms with Crippen LogP contribution in [0.1, 0.15) is 0 Å². The highest BCUT2D eigenvalue weighted by Gasteiger charge is 2.14. The molecular weight excluding hydrogens is 278 g/mol. The molecule has 0 saturated heterocycles. The van der Waals surface area contributed by atoms with Crippen LogP contribution in [0.3, 0.4) is 0 Å². The largest absolute Gasteiger partial charge is 0.293 e. The normalized spacial score (nSPS) is 10.5. The van der Waals surface area contributed by atoms with Crippen LogP contribution in [0.15, 0.2) is 53.7 Å². The molecule has 0 spiro atoms. The molecule has 0 atom stereocenters. The molecule has 19 heavy (non-hydrogen) atoms. The maximum atomic E-state index is 8.97. The molecule has 0 aliphatic rings. The zero-order valence-corrected chi connectivity index (χ0v) is 11.3. The average Bonchev–Trinajstić information content (AvgIpc) is 2.78. The quantitative estimate of drug-likeness (QED) is 0.523. The Kier molecular flexibility index (Phi) is 3.16. The highest BCUT2D eigenvalue weighted by atomic mass is 35.5. The number of halogens is 1. The van der Waals surface area contributed by atoms with Crippen LogP contribution in [-0.4, -0.2) is 9.38 Å². The number of thioether (sulfide) groups is 1. The second kappa shape index (κ2) is 4.96. The Hall–Kier alpha value is -1.96. The van der Waals surface area contributed by atoms with Crippen molar-refractivity contribution in [3.05, 3.63) is 53.7 Å². The first-order valence-electron chi connectivity index (χ1n) is 5.58. The average molecular weight is 286 g/mol. The number of aromatic nitrogens is 2. The number of nitriles is 1. The van der Waals surface area contributed by atoms with Crippen LogP contribution in [0.2, 0.25) is 5.02 Å². The summed E-state index contributed by atoms with van der Waals surface area (Å²) < 4.78 is 1.88. The molecule has 3 rings (SSSR count). The van der Waals surface area contributed by atoms with E-state index in [9.17, 15) is 0 Å². The van der Waals surface area contributed by atoms with Gasteiger partial charge in [0.15, 0.2) is 0 Å². The van der Waals surface area contributed by atoms with Crippen molar-refractivity contribution in [2.75, 3.05) is 0 Å². The molecule has 0 N–H and O–H groups in total. The minimum Gasteiger partial charge on any atom is -0.293 e. The van der Waals surface area contributed by atoms with Gasteiger partial charge >= 0.3 is 0 Å². The van der Waals surface area contributed by atoms with Gasteiger partial charge in [0.1, 0.15) is 21.8 Å². The summed E-state index contributed by atoms with van der Waals surface area (Å²) in [4.78, 5) is 4.57. The Balaban J connectivity index is 2.29. The number of fused-ring (bicyclic) bond motifs is 1. The molecule has 0 radical (unpaired) electrons. The Morgan fingerprint density at radius 3 is 2.74 bits per heavy atom. The van der Waals surface area contributed by atoms with E-state index in [1.165, 1.54) is 0 Å². The van der Waals surface area contributed by atoms with Crippen LogP contribution >= 0.6 is 23.4 Å². The van der Waals surface area contributed by atoms with E-state index in [0.29, 0.717) is 5.02 Å². The molecule has 0 amide bonds. The van der Waals surface area contributed by atoms with Gasteiger partial charge in [-0.25, -0.2) is 4.98 Å². The lowest BCUT2D eigenvalue weighted by Crippen LogP contribution is -1.85. The number of nitrogens with zero attached hydrogens (tertiary/aromatic N) is 3. The van der Waals surface area contributed by atoms with Gasteiger partial charge in [0.25, 0.3) is 0 Å². The highest BCUT2D eigenvalue weighted by Crippen LogP contribution is 2.32. The summed E-state index contributed by atoms with van der Waals surface area (Å²) in [6, 6.07) is 13.4. The van der Waals surface area contributed by atoms with Gasteiger partial charge in [-0.1, -0.05) is 41.9 Å². The smallest absolute Gasteiger partial charge is 0.140 e.